The van der Waals surface area contributed by atoms with Crippen molar-refractivity contribution < 1.29 is 9.90 Å². The van der Waals surface area contributed by atoms with E-state index >= 15 is 0 Å². The number of benzene rings is 2. The van der Waals surface area contributed by atoms with Crippen LogP contribution in [0.15, 0.2) is 47.6 Å². The second-order valence-electron chi connectivity index (χ2n) is 3.91. The fourth-order valence-corrected chi connectivity index (χ4v) is 2.10. The molecule has 0 aliphatic carbocycles. The van der Waals surface area contributed by atoms with E-state index in [0.29, 0.717) is 16.1 Å². The minimum Gasteiger partial charge on any atom is -0.507 e. The third-order valence-corrected chi connectivity index (χ3v) is 3.39. The van der Waals surface area contributed by atoms with Gasteiger partial charge in [-0.05, 0) is 65.1 Å². The summed E-state index contributed by atoms with van der Waals surface area (Å²) in [7, 11) is 0. The molecule has 2 N–H and O–H groups in total. The first-order valence-corrected chi connectivity index (χ1v) is 7.09. The predicted octanol–water partition coefficient (Wildman–Crippen LogP) is 3.41. The maximum Gasteiger partial charge on any atom is 0.271 e. The van der Waals surface area contributed by atoms with Crippen LogP contribution < -0.4 is 5.43 Å². The number of aromatic hydroxyl groups is 1. The zero-order valence-electron chi connectivity index (χ0n) is 10.2. The van der Waals surface area contributed by atoms with Gasteiger partial charge in [0.05, 0.1) is 6.21 Å². The summed E-state index contributed by atoms with van der Waals surface area (Å²) in [6, 6.07) is 11.6. The Hall–Kier alpha value is -1.60. The van der Waals surface area contributed by atoms with E-state index in [4.69, 9.17) is 11.6 Å². The van der Waals surface area contributed by atoms with Gasteiger partial charge < -0.3 is 5.11 Å². The largest absolute Gasteiger partial charge is 0.507 e. The molecule has 1 amide bonds. The highest BCUT2D eigenvalue weighted by molar-refractivity contribution is 14.1. The molecule has 0 fully saturated rings. The van der Waals surface area contributed by atoms with Crippen molar-refractivity contribution in [1.29, 1.82) is 0 Å². The lowest BCUT2D eigenvalue weighted by Crippen LogP contribution is -2.17. The van der Waals surface area contributed by atoms with Gasteiger partial charge in [-0.25, -0.2) is 5.43 Å². The summed E-state index contributed by atoms with van der Waals surface area (Å²) < 4.78 is 0.964. The first-order chi connectivity index (χ1) is 9.56. The molecule has 20 heavy (non-hydrogen) atoms. The molecule has 0 radical (unpaired) electrons. The van der Waals surface area contributed by atoms with Crippen LogP contribution in [0.1, 0.15) is 15.9 Å². The summed E-state index contributed by atoms with van der Waals surface area (Å²) in [5.41, 5.74) is 3.38. The summed E-state index contributed by atoms with van der Waals surface area (Å²) >= 11 is 7.87. The van der Waals surface area contributed by atoms with Crippen LogP contribution in [0.5, 0.6) is 5.75 Å². The molecule has 2 rings (SSSR count). The van der Waals surface area contributed by atoms with E-state index in [0.717, 1.165) is 3.57 Å². The number of rotatable bonds is 3. The second kappa shape index (κ2) is 6.71. The molecular weight excluding hydrogens is 391 g/mol. The Labute approximate surface area is 134 Å². The Morgan fingerprint density at radius 1 is 1.25 bits per heavy atom. The number of phenolic OH excluding ortho intramolecular Hbond substituents is 1. The van der Waals surface area contributed by atoms with Crippen LogP contribution in [-0.4, -0.2) is 17.2 Å². The lowest BCUT2D eigenvalue weighted by atomic mass is 10.2. The van der Waals surface area contributed by atoms with E-state index in [-0.39, 0.29) is 11.7 Å². The molecule has 102 valence electrons. The molecule has 0 aromatic heterocycles. The SMILES string of the molecule is O=C(NN=Cc1cc(I)ccc1O)c1ccc(Cl)cc1. The number of hydrogen-bond donors (Lipinski definition) is 2. The zero-order chi connectivity index (χ0) is 14.5. The van der Waals surface area contributed by atoms with E-state index in [9.17, 15) is 9.90 Å². The molecule has 0 bridgehead atoms. The van der Waals surface area contributed by atoms with Crippen molar-refractivity contribution in [1.82, 2.24) is 5.43 Å². The average molecular weight is 401 g/mol. The van der Waals surface area contributed by atoms with Crippen molar-refractivity contribution in [3.05, 3.63) is 62.2 Å². The smallest absolute Gasteiger partial charge is 0.271 e. The van der Waals surface area contributed by atoms with Crippen molar-refractivity contribution in [3.63, 3.8) is 0 Å². The normalized spacial score (nSPS) is 10.7. The monoisotopic (exact) mass is 400 g/mol. The van der Waals surface area contributed by atoms with Crippen LogP contribution in [0, 0.1) is 3.57 Å². The molecule has 0 aliphatic heterocycles. The van der Waals surface area contributed by atoms with Crippen molar-refractivity contribution in [3.8, 4) is 5.75 Å². The Morgan fingerprint density at radius 3 is 2.65 bits per heavy atom. The minimum absolute atomic E-state index is 0.106. The van der Waals surface area contributed by atoms with Gasteiger partial charge in [0, 0.05) is 19.7 Å². The Balaban J connectivity index is 2.04. The Kier molecular flexibility index (Phi) is 4.97. The van der Waals surface area contributed by atoms with Gasteiger partial charge in [0.1, 0.15) is 5.75 Å². The number of carbonyl (C=O) groups is 1. The molecule has 0 saturated heterocycles. The fourth-order valence-electron chi connectivity index (χ4n) is 1.46. The molecule has 0 atom stereocenters. The number of amides is 1. The third-order valence-electron chi connectivity index (χ3n) is 2.47. The van der Waals surface area contributed by atoms with Crippen molar-refractivity contribution in [2.75, 3.05) is 0 Å². The lowest BCUT2D eigenvalue weighted by Gasteiger charge is -2.01. The molecular formula is C14H10ClIN2O2. The van der Waals surface area contributed by atoms with Gasteiger partial charge in [-0.2, -0.15) is 5.10 Å². The summed E-state index contributed by atoms with van der Waals surface area (Å²) in [6.07, 6.45) is 1.39. The molecule has 2 aromatic carbocycles. The molecule has 0 spiro atoms. The van der Waals surface area contributed by atoms with Gasteiger partial charge in [0.25, 0.3) is 5.91 Å². The number of hydrogen-bond acceptors (Lipinski definition) is 3. The van der Waals surface area contributed by atoms with Gasteiger partial charge in [0.15, 0.2) is 0 Å². The van der Waals surface area contributed by atoms with E-state index in [1.54, 1.807) is 42.5 Å². The second-order valence-corrected chi connectivity index (χ2v) is 5.59. The number of nitrogens with one attached hydrogen (secondary N) is 1. The Morgan fingerprint density at radius 2 is 1.95 bits per heavy atom. The van der Waals surface area contributed by atoms with E-state index in [1.165, 1.54) is 6.21 Å². The van der Waals surface area contributed by atoms with Crippen LogP contribution in [0.25, 0.3) is 0 Å². The van der Waals surface area contributed by atoms with Crippen molar-refractivity contribution in [2.24, 2.45) is 5.10 Å². The molecule has 0 aliphatic rings. The van der Waals surface area contributed by atoms with Crippen molar-refractivity contribution >= 4 is 46.3 Å². The molecule has 0 saturated carbocycles. The van der Waals surface area contributed by atoms with E-state index in [1.807, 2.05) is 0 Å². The molecule has 0 heterocycles. The number of hydrazone groups is 1. The van der Waals surface area contributed by atoms with Gasteiger partial charge >= 0.3 is 0 Å². The average Bonchev–Trinajstić information content (AvgIpc) is 2.43. The van der Waals surface area contributed by atoms with Crippen LogP contribution in [0.2, 0.25) is 5.02 Å². The zero-order valence-corrected chi connectivity index (χ0v) is 13.1. The quantitative estimate of drug-likeness (QED) is 0.471. The Bertz CT molecular complexity index is 657. The standard InChI is InChI=1S/C14H10ClIN2O2/c15-11-3-1-9(2-4-11)14(20)18-17-8-10-7-12(16)5-6-13(10)19/h1-8,19H,(H,18,20). The first kappa shape index (κ1) is 14.8. The molecule has 4 nitrogen and oxygen atoms in total. The van der Waals surface area contributed by atoms with E-state index in [2.05, 4.69) is 33.1 Å². The summed E-state index contributed by atoms with van der Waals surface area (Å²) in [6.45, 7) is 0. The van der Waals surface area contributed by atoms with Crippen molar-refractivity contribution in [2.45, 2.75) is 0 Å². The lowest BCUT2D eigenvalue weighted by molar-refractivity contribution is 0.0955. The van der Waals surface area contributed by atoms with Gasteiger partial charge in [0.2, 0.25) is 0 Å². The van der Waals surface area contributed by atoms with Crippen LogP contribution >= 0.6 is 34.2 Å². The van der Waals surface area contributed by atoms with Gasteiger partial charge in [-0.1, -0.05) is 11.6 Å². The predicted molar refractivity (Wildman–Crippen MR) is 87.3 cm³/mol. The highest BCUT2D eigenvalue weighted by Crippen LogP contribution is 2.17. The fraction of sp³-hybridized carbons (Fsp3) is 0. The molecule has 2 aromatic rings. The number of nitrogens with zero attached hydrogens (tertiary/aromatic N) is 1. The number of carbonyl (C=O) groups excluding carboxylic acids is 1. The summed E-state index contributed by atoms with van der Waals surface area (Å²) in [5, 5.41) is 14.0. The highest BCUT2D eigenvalue weighted by atomic mass is 127. The van der Waals surface area contributed by atoms with Gasteiger partial charge in [-0.15, -0.1) is 0 Å². The third kappa shape index (κ3) is 3.94. The van der Waals surface area contributed by atoms with Gasteiger partial charge in [-0.3, -0.25) is 4.79 Å². The maximum absolute atomic E-state index is 11.8. The topological polar surface area (TPSA) is 61.7 Å². The first-order valence-electron chi connectivity index (χ1n) is 5.64. The summed E-state index contributed by atoms with van der Waals surface area (Å²) in [4.78, 5) is 11.8. The number of halogens is 2. The van der Waals surface area contributed by atoms with Crippen LogP contribution in [0.4, 0.5) is 0 Å². The maximum atomic E-state index is 11.8. The van der Waals surface area contributed by atoms with Crippen LogP contribution in [0.3, 0.4) is 0 Å². The van der Waals surface area contributed by atoms with Crippen LogP contribution in [-0.2, 0) is 0 Å². The number of phenols is 1. The minimum atomic E-state index is -0.344. The molecule has 6 heteroatoms. The van der Waals surface area contributed by atoms with E-state index < -0.39 is 0 Å². The summed E-state index contributed by atoms with van der Waals surface area (Å²) in [5.74, 6) is -0.238. The molecule has 0 unspecified atom stereocenters. The highest BCUT2D eigenvalue weighted by Gasteiger charge is 2.03.